The van der Waals surface area contributed by atoms with E-state index in [1.165, 1.54) is 6.92 Å². The molecule has 2 rings (SSSR count). The highest BCUT2D eigenvalue weighted by molar-refractivity contribution is 6.30. The van der Waals surface area contributed by atoms with Gasteiger partial charge < -0.3 is 14.8 Å². The maximum absolute atomic E-state index is 12.1. The van der Waals surface area contributed by atoms with Gasteiger partial charge in [0.15, 0.2) is 6.10 Å². The maximum atomic E-state index is 12.1. The van der Waals surface area contributed by atoms with Crippen molar-refractivity contribution in [1.29, 1.82) is 0 Å². The van der Waals surface area contributed by atoms with Crippen molar-refractivity contribution in [3.05, 3.63) is 59.1 Å². The zero-order chi connectivity index (χ0) is 17.5. The predicted octanol–water partition coefficient (Wildman–Crippen LogP) is 3.46. The normalized spacial score (nSPS) is 11.5. The van der Waals surface area contributed by atoms with Crippen LogP contribution >= 0.6 is 11.6 Å². The molecule has 126 valence electrons. The average molecular weight is 348 g/mol. The number of amides is 1. The van der Waals surface area contributed by atoms with Gasteiger partial charge in [-0.2, -0.15) is 0 Å². The van der Waals surface area contributed by atoms with E-state index in [1.807, 2.05) is 0 Å². The molecule has 0 aliphatic heterocycles. The Hall–Kier alpha value is -2.53. The quantitative estimate of drug-likeness (QED) is 0.813. The minimum Gasteiger partial charge on any atom is -0.497 e. The Morgan fingerprint density at radius 3 is 2.62 bits per heavy atom. The van der Waals surface area contributed by atoms with E-state index in [0.717, 1.165) is 5.56 Å². The highest BCUT2D eigenvalue weighted by atomic mass is 35.5. The molecule has 1 atom stereocenters. The van der Waals surface area contributed by atoms with Crippen molar-refractivity contribution in [1.82, 2.24) is 0 Å². The van der Waals surface area contributed by atoms with E-state index in [2.05, 4.69) is 5.32 Å². The lowest BCUT2D eigenvalue weighted by Crippen LogP contribution is -2.30. The number of hydrogen-bond donors (Lipinski definition) is 1. The molecule has 0 unspecified atom stereocenters. The molecular formula is C18H18ClNO4. The van der Waals surface area contributed by atoms with E-state index < -0.39 is 18.0 Å². The summed E-state index contributed by atoms with van der Waals surface area (Å²) in [6.07, 6.45) is -0.853. The van der Waals surface area contributed by atoms with E-state index in [0.29, 0.717) is 16.5 Å². The number of ether oxygens (including phenoxy) is 2. The van der Waals surface area contributed by atoms with Crippen molar-refractivity contribution in [2.45, 2.75) is 19.4 Å². The Morgan fingerprint density at radius 2 is 1.92 bits per heavy atom. The molecule has 2 aromatic rings. The zero-order valence-corrected chi connectivity index (χ0v) is 14.2. The van der Waals surface area contributed by atoms with Crippen LogP contribution in [0.15, 0.2) is 48.5 Å². The lowest BCUT2D eigenvalue weighted by Gasteiger charge is -2.14. The van der Waals surface area contributed by atoms with Crippen LogP contribution in [0.2, 0.25) is 5.02 Å². The summed E-state index contributed by atoms with van der Waals surface area (Å²) < 4.78 is 10.3. The lowest BCUT2D eigenvalue weighted by atomic mass is 10.1. The first kappa shape index (κ1) is 17.8. The predicted molar refractivity (Wildman–Crippen MR) is 92.3 cm³/mol. The average Bonchev–Trinajstić information content (AvgIpc) is 2.54. The van der Waals surface area contributed by atoms with Gasteiger partial charge in [0.25, 0.3) is 5.91 Å². The summed E-state index contributed by atoms with van der Waals surface area (Å²) in [5, 5.41) is 3.16. The van der Waals surface area contributed by atoms with Gasteiger partial charge >= 0.3 is 5.97 Å². The van der Waals surface area contributed by atoms with Crippen LogP contribution in [-0.4, -0.2) is 25.1 Å². The van der Waals surface area contributed by atoms with Crippen LogP contribution in [0.1, 0.15) is 12.5 Å². The highest BCUT2D eigenvalue weighted by Crippen LogP contribution is 2.16. The third kappa shape index (κ3) is 5.28. The van der Waals surface area contributed by atoms with Crippen molar-refractivity contribution < 1.29 is 19.1 Å². The number of halogens is 1. The van der Waals surface area contributed by atoms with Crippen LogP contribution in [0, 0.1) is 0 Å². The van der Waals surface area contributed by atoms with Crippen molar-refractivity contribution in [2.75, 3.05) is 12.4 Å². The molecule has 0 aliphatic carbocycles. The second-order valence-electron chi connectivity index (χ2n) is 5.16. The van der Waals surface area contributed by atoms with Crippen molar-refractivity contribution in [2.24, 2.45) is 0 Å². The summed E-state index contributed by atoms with van der Waals surface area (Å²) in [4.78, 5) is 24.0. The van der Waals surface area contributed by atoms with E-state index in [4.69, 9.17) is 21.1 Å². The van der Waals surface area contributed by atoms with Crippen LogP contribution in [0.25, 0.3) is 0 Å². The smallest absolute Gasteiger partial charge is 0.311 e. The first-order valence-electron chi connectivity index (χ1n) is 7.37. The van der Waals surface area contributed by atoms with E-state index in [-0.39, 0.29) is 6.42 Å². The van der Waals surface area contributed by atoms with Gasteiger partial charge in [-0.15, -0.1) is 0 Å². The van der Waals surface area contributed by atoms with Crippen molar-refractivity contribution >= 4 is 29.2 Å². The first-order valence-corrected chi connectivity index (χ1v) is 7.74. The largest absolute Gasteiger partial charge is 0.497 e. The fraction of sp³-hybridized carbons (Fsp3) is 0.222. The molecule has 1 N–H and O–H groups in total. The molecular weight excluding hydrogens is 330 g/mol. The Labute approximate surface area is 145 Å². The molecule has 1 amide bonds. The van der Waals surface area contributed by atoms with Crippen LogP contribution < -0.4 is 10.1 Å². The zero-order valence-electron chi connectivity index (χ0n) is 13.4. The Morgan fingerprint density at radius 1 is 1.17 bits per heavy atom. The molecule has 0 fully saturated rings. The van der Waals surface area contributed by atoms with E-state index in [9.17, 15) is 9.59 Å². The molecule has 6 heteroatoms. The monoisotopic (exact) mass is 347 g/mol. The number of nitrogens with one attached hydrogen (secondary N) is 1. The molecule has 5 nitrogen and oxygen atoms in total. The molecule has 24 heavy (non-hydrogen) atoms. The van der Waals surface area contributed by atoms with Gasteiger partial charge in [0.1, 0.15) is 5.75 Å². The van der Waals surface area contributed by atoms with Crippen molar-refractivity contribution in [3.8, 4) is 5.75 Å². The molecule has 0 saturated carbocycles. The van der Waals surface area contributed by atoms with Gasteiger partial charge in [0.2, 0.25) is 0 Å². The number of methoxy groups -OCH3 is 1. The summed E-state index contributed by atoms with van der Waals surface area (Å²) in [5.74, 6) is -0.250. The number of hydrogen-bond acceptors (Lipinski definition) is 4. The molecule has 0 aliphatic rings. The third-order valence-corrected chi connectivity index (χ3v) is 3.49. The first-order chi connectivity index (χ1) is 11.5. The number of rotatable bonds is 6. The summed E-state index contributed by atoms with van der Waals surface area (Å²) in [6.45, 7) is 1.52. The minimum absolute atomic E-state index is 0.0615. The number of anilines is 1. The Bertz CT molecular complexity index is 732. The van der Waals surface area contributed by atoms with Gasteiger partial charge in [-0.3, -0.25) is 9.59 Å². The van der Waals surface area contributed by atoms with E-state index in [1.54, 1.807) is 55.6 Å². The SMILES string of the molecule is COc1cccc(CC(=O)O[C@@H](C)C(=O)Nc2cccc(Cl)c2)c1. The number of carbonyl (C=O) groups excluding carboxylic acids is 2. The van der Waals surface area contributed by atoms with E-state index >= 15 is 0 Å². The Balaban J connectivity index is 1.89. The van der Waals surface area contributed by atoms with Gasteiger partial charge in [-0.25, -0.2) is 0 Å². The summed E-state index contributed by atoms with van der Waals surface area (Å²) >= 11 is 5.86. The van der Waals surface area contributed by atoms with Gasteiger partial charge in [-0.1, -0.05) is 29.8 Å². The lowest BCUT2D eigenvalue weighted by molar-refractivity contribution is -0.152. The third-order valence-electron chi connectivity index (χ3n) is 3.25. The number of esters is 1. The fourth-order valence-electron chi connectivity index (χ4n) is 2.05. The van der Waals surface area contributed by atoms with Gasteiger partial charge in [0, 0.05) is 10.7 Å². The topological polar surface area (TPSA) is 64.6 Å². The molecule has 0 aromatic heterocycles. The fourth-order valence-corrected chi connectivity index (χ4v) is 2.24. The minimum atomic E-state index is -0.915. The van der Waals surface area contributed by atoms with Gasteiger partial charge in [-0.05, 0) is 42.8 Å². The van der Waals surface area contributed by atoms with Crippen LogP contribution in [0.4, 0.5) is 5.69 Å². The molecule has 0 heterocycles. The number of carbonyl (C=O) groups is 2. The second kappa shape index (κ2) is 8.36. The maximum Gasteiger partial charge on any atom is 0.311 e. The summed E-state index contributed by atoms with van der Waals surface area (Å²) in [6, 6.07) is 13.9. The summed E-state index contributed by atoms with van der Waals surface area (Å²) in [5.41, 5.74) is 1.30. The van der Waals surface area contributed by atoms with Crippen molar-refractivity contribution in [3.63, 3.8) is 0 Å². The van der Waals surface area contributed by atoms with Crippen LogP contribution in [0.3, 0.4) is 0 Å². The number of benzene rings is 2. The highest BCUT2D eigenvalue weighted by Gasteiger charge is 2.18. The molecule has 0 saturated heterocycles. The van der Waals surface area contributed by atoms with Crippen LogP contribution in [-0.2, 0) is 20.7 Å². The standard InChI is InChI=1S/C18H18ClNO4/c1-12(18(22)20-15-7-4-6-14(19)11-15)24-17(21)10-13-5-3-8-16(9-13)23-2/h3-9,11-12H,10H2,1-2H3,(H,20,22)/t12-/m0/s1. The second-order valence-corrected chi connectivity index (χ2v) is 5.60. The molecule has 0 spiro atoms. The molecule has 0 radical (unpaired) electrons. The molecule has 2 aromatic carbocycles. The Kier molecular flexibility index (Phi) is 6.21. The van der Waals surface area contributed by atoms with Crippen LogP contribution in [0.5, 0.6) is 5.75 Å². The van der Waals surface area contributed by atoms with Gasteiger partial charge in [0.05, 0.1) is 13.5 Å². The molecule has 0 bridgehead atoms. The summed E-state index contributed by atoms with van der Waals surface area (Å²) in [7, 11) is 1.56.